The molecule has 76 valence electrons. The zero-order valence-electron chi connectivity index (χ0n) is 5.15. The van der Waals surface area contributed by atoms with E-state index in [0.29, 0.717) is 0 Å². The Hall–Kier alpha value is -0.696. The molecule has 0 fully saturated rings. The van der Waals surface area contributed by atoms with Crippen LogP contribution < -0.4 is 0 Å². The van der Waals surface area contributed by atoms with Crippen LogP contribution in [-0.4, -0.2) is 39.7 Å². The number of carbonyl (C=O) groups is 2. The predicted molar refractivity (Wildman–Crippen MR) is 29.4 cm³/mol. The van der Waals surface area contributed by atoms with E-state index in [-0.39, 0.29) is 16.5 Å². The van der Waals surface area contributed by atoms with Gasteiger partial charge in [0.05, 0.1) is 0 Å². The van der Waals surface area contributed by atoms with Crippen LogP contribution in [0, 0.1) is 0 Å². The van der Waals surface area contributed by atoms with Crippen LogP contribution in [0.3, 0.4) is 0 Å². The average Bonchev–Trinajstić information content (AvgIpc) is 1.59. The molecule has 0 heterocycles. The smallest absolute Gasteiger partial charge is 0.414 e. The second-order valence-electron chi connectivity index (χ2n) is 1.06. The normalized spacial score (nSPS) is 8.50. The van der Waals surface area contributed by atoms with E-state index in [1.165, 1.54) is 0 Å². The van der Waals surface area contributed by atoms with Gasteiger partial charge < -0.3 is 10.2 Å². The number of rotatable bonds is 0. The molecule has 10 heteroatoms. The van der Waals surface area contributed by atoms with Crippen molar-refractivity contribution in [1.29, 1.82) is 0 Å². The van der Waals surface area contributed by atoms with Crippen LogP contribution >= 0.6 is 0 Å². The second-order valence-corrected chi connectivity index (χ2v) is 1.95. The molecule has 0 aliphatic carbocycles. The van der Waals surface area contributed by atoms with E-state index < -0.39 is 22.3 Å². The Morgan fingerprint density at radius 2 is 1.00 bits per heavy atom. The summed E-state index contributed by atoms with van der Waals surface area (Å²) in [5.41, 5.74) is 0. The first kappa shape index (κ1) is 17.4. The Balaban J connectivity index is -0.000000126. The summed E-state index contributed by atoms with van der Waals surface area (Å²) >= 11 is 0. The van der Waals surface area contributed by atoms with Crippen LogP contribution in [0.5, 0.6) is 0 Å². The number of carboxylic acid groups (broad SMARTS) is 2. The van der Waals surface area contributed by atoms with Crippen LogP contribution in [-0.2, 0) is 36.5 Å². The quantitative estimate of drug-likeness (QED) is 0.229. The molecule has 0 atom stereocenters. The van der Waals surface area contributed by atoms with E-state index in [1.54, 1.807) is 0 Å². The minimum Gasteiger partial charge on any atom is -0.473 e. The van der Waals surface area contributed by atoms with Crippen LogP contribution in [0.2, 0.25) is 0 Å². The van der Waals surface area contributed by atoms with Crippen LogP contribution in [0.25, 0.3) is 0 Å². The molecule has 0 amide bonds. The maximum absolute atomic E-state index is 9.10. The maximum Gasteiger partial charge on any atom is 0.414 e. The Morgan fingerprint density at radius 3 is 1.00 bits per heavy atom. The molecule has 0 unspecified atom stereocenters. The number of hydrogen-bond acceptors (Lipinski definition) is 4. The molecule has 0 saturated carbocycles. The topological polar surface area (TPSA) is 149 Å². The third kappa shape index (κ3) is 58.8. The number of aliphatic carboxylic acids is 2. The molecule has 12 heavy (non-hydrogen) atoms. The minimum absolute atomic E-state index is 0. The van der Waals surface area contributed by atoms with E-state index in [0.717, 1.165) is 0 Å². The predicted octanol–water partition coefficient (Wildman–Crippen LogP) is -1.50. The van der Waals surface area contributed by atoms with E-state index in [1.807, 2.05) is 0 Å². The summed E-state index contributed by atoms with van der Waals surface area (Å²) in [6.45, 7) is 0. The summed E-state index contributed by atoms with van der Waals surface area (Å²) in [5.74, 6) is -3.65. The zero-order valence-corrected chi connectivity index (χ0v) is 6.95. The van der Waals surface area contributed by atoms with Crippen molar-refractivity contribution < 1.29 is 53.8 Å². The molecule has 0 saturated heterocycles. The van der Waals surface area contributed by atoms with Crippen molar-refractivity contribution in [3.05, 3.63) is 0 Å². The molecule has 0 radical (unpaired) electrons. The van der Waals surface area contributed by atoms with Gasteiger partial charge in [0.25, 0.3) is 0 Å². The summed E-state index contributed by atoms with van der Waals surface area (Å²) in [5, 5.41) is 14.8. The summed E-state index contributed by atoms with van der Waals surface area (Å²) in [6, 6.07) is 0. The van der Waals surface area contributed by atoms with Crippen LogP contribution in [0.15, 0.2) is 0 Å². The molecule has 0 aromatic heterocycles. The van der Waals surface area contributed by atoms with Crippen molar-refractivity contribution in [3.8, 4) is 0 Å². The first-order valence-corrected chi connectivity index (χ1v) is 3.20. The van der Waals surface area contributed by atoms with Gasteiger partial charge in [-0.25, -0.2) is 9.59 Å². The van der Waals surface area contributed by atoms with Gasteiger partial charge in [-0.1, -0.05) is 0 Å². The van der Waals surface area contributed by atoms with Gasteiger partial charge in [0.2, 0.25) is 0 Å². The molecule has 0 aliphatic heterocycles. The Labute approximate surface area is 76.7 Å². The Kier molecular flexibility index (Phi) is 10.1. The fourth-order valence-electron chi connectivity index (χ4n) is 0. The zero-order chi connectivity index (χ0) is 9.65. The fraction of sp³-hybridized carbons (Fsp3) is 0. The largest absolute Gasteiger partial charge is 0.473 e. The molecular weight excluding hydrogens is 243 g/mol. The summed E-state index contributed by atoms with van der Waals surface area (Å²) < 4.78 is 31.6. The van der Waals surface area contributed by atoms with Gasteiger partial charge in [-0.15, -0.1) is 0 Å². The first-order valence-electron chi connectivity index (χ1n) is 1.80. The van der Waals surface area contributed by atoms with Crippen molar-refractivity contribution in [2.75, 3.05) is 0 Å². The second kappa shape index (κ2) is 6.98. The molecule has 0 spiro atoms. The minimum atomic E-state index is -4.67. The molecule has 4 N–H and O–H groups in total. The molecule has 0 aromatic rings. The van der Waals surface area contributed by atoms with Crippen molar-refractivity contribution in [1.82, 2.24) is 0 Å². The number of carboxylic acids is 2. The van der Waals surface area contributed by atoms with E-state index >= 15 is 0 Å². The van der Waals surface area contributed by atoms with Gasteiger partial charge >= 0.3 is 22.3 Å². The SMILES string of the molecule is O=C(O)C(=O)O.O=S(=O)(O)O.[Ni]. The van der Waals surface area contributed by atoms with Crippen molar-refractivity contribution in [2.24, 2.45) is 0 Å². The van der Waals surface area contributed by atoms with Crippen molar-refractivity contribution >= 4 is 22.3 Å². The maximum atomic E-state index is 9.10. The Morgan fingerprint density at radius 1 is 0.917 bits per heavy atom. The molecule has 0 bridgehead atoms. The fourth-order valence-corrected chi connectivity index (χ4v) is 0. The van der Waals surface area contributed by atoms with Gasteiger partial charge in [0.15, 0.2) is 0 Å². The van der Waals surface area contributed by atoms with Gasteiger partial charge in [-0.05, 0) is 0 Å². The molecule has 8 nitrogen and oxygen atoms in total. The van der Waals surface area contributed by atoms with Crippen LogP contribution in [0.1, 0.15) is 0 Å². The number of hydrogen-bond donors (Lipinski definition) is 4. The average molecular weight is 247 g/mol. The van der Waals surface area contributed by atoms with E-state index in [2.05, 4.69) is 0 Å². The monoisotopic (exact) mass is 246 g/mol. The van der Waals surface area contributed by atoms with E-state index in [4.69, 9.17) is 37.3 Å². The molecule has 0 aliphatic rings. The van der Waals surface area contributed by atoms with E-state index in [9.17, 15) is 0 Å². The summed E-state index contributed by atoms with van der Waals surface area (Å²) in [7, 11) is -4.67. The summed E-state index contributed by atoms with van der Waals surface area (Å²) in [4.78, 5) is 18.2. The first-order chi connectivity index (χ1) is 4.64. The van der Waals surface area contributed by atoms with Gasteiger partial charge in [-0.3, -0.25) is 9.11 Å². The Bertz CT molecular complexity index is 220. The van der Waals surface area contributed by atoms with Crippen molar-refractivity contribution in [2.45, 2.75) is 0 Å². The molecule has 0 aromatic carbocycles. The van der Waals surface area contributed by atoms with Gasteiger partial charge in [-0.2, -0.15) is 8.42 Å². The van der Waals surface area contributed by atoms with Crippen LogP contribution in [0.4, 0.5) is 0 Å². The van der Waals surface area contributed by atoms with Gasteiger partial charge in [0.1, 0.15) is 0 Å². The van der Waals surface area contributed by atoms with Gasteiger partial charge in [0, 0.05) is 16.5 Å². The third-order valence-corrected chi connectivity index (χ3v) is 0.183. The standard InChI is InChI=1S/C2H2O4.Ni.H2O4S/c3-1(4)2(5)6;;1-5(2,3)4/h(H,3,4)(H,5,6);;(H2,1,2,3,4). The molecular formula is C2H4NiO8S. The van der Waals surface area contributed by atoms with Crippen molar-refractivity contribution in [3.63, 3.8) is 0 Å². The summed E-state index contributed by atoms with van der Waals surface area (Å²) in [6.07, 6.45) is 0. The third-order valence-electron chi connectivity index (χ3n) is 0.183. The molecule has 0 rings (SSSR count).